The minimum atomic E-state index is 0.713. The maximum absolute atomic E-state index is 5.58. The van der Waals surface area contributed by atoms with Gasteiger partial charge in [0.25, 0.3) is 0 Å². The van der Waals surface area contributed by atoms with Crippen LogP contribution in [0.5, 0.6) is 0 Å². The SMILES string of the molecule is C=CC=C.CC.NCCCN1CCC(c2c[nH]c3ccccc23)CC1. The number of fused-ring (bicyclic) bond motifs is 1. The van der Waals surface area contributed by atoms with Gasteiger partial charge in [-0.2, -0.15) is 0 Å². The Balaban J connectivity index is 0.000000461. The van der Waals surface area contributed by atoms with Gasteiger partial charge in [0.05, 0.1) is 0 Å². The molecule has 2 heterocycles. The number of benzene rings is 1. The summed E-state index contributed by atoms with van der Waals surface area (Å²) in [7, 11) is 0. The predicted molar refractivity (Wildman–Crippen MR) is 112 cm³/mol. The van der Waals surface area contributed by atoms with Gasteiger partial charge in [0.2, 0.25) is 0 Å². The first-order valence-corrected chi connectivity index (χ1v) is 9.52. The van der Waals surface area contributed by atoms with Crippen LogP contribution in [-0.2, 0) is 0 Å². The molecule has 1 saturated heterocycles. The summed E-state index contributed by atoms with van der Waals surface area (Å²) in [6, 6.07) is 8.63. The summed E-state index contributed by atoms with van der Waals surface area (Å²) in [6.07, 6.45) is 9.15. The van der Waals surface area contributed by atoms with E-state index < -0.39 is 0 Å². The molecule has 3 nitrogen and oxygen atoms in total. The highest BCUT2D eigenvalue weighted by Gasteiger charge is 2.22. The Bertz CT molecular complexity index is 601. The molecule has 0 unspecified atom stereocenters. The fourth-order valence-corrected chi connectivity index (χ4v) is 3.21. The quantitative estimate of drug-likeness (QED) is 0.745. The van der Waals surface area contributed by atoms with Gasteiger partial charge < -0.3 is 15.6 Å². The summed E-state index contributed by atoms with van der Waals surface area (Å²) in [4.78, 5) is 5.95. The van der Waals surface area contributed by atoms with Crippen molar-refractivity contribution in [2.75, 3.05) is 26.2 Å². The van der Waals surface area contributed by atoms with E-state index in [1.807, 2.05) is 13.8 Å². The van der Waals surface area contributed by atoms with Crippen molar-refractivity contribution < 1.29 is 0 Å². The molecule has 0 atom stereocenters. The molecule has 0 aliphatic carbocycles. The Hall–Kier alpha value is -1.84. The monoisotopic (exact) mass is 341 g/mol. The van der Waals surface area contributed by atoms with Crippen LogP contribution in [0.25, 0.3) is 10.9 Å². The van der Waals surface area contributed by atoms with E-state index in [9.17, 15) is 0 Å². The number of likely N-dealkylation sites (tertiary alicyclic amines) is 1. The van der Waals surface area contributed by atoms with Crippen LogP contribution in [0.2, 0.25) is 0 Å². The van der Waals surface area contributed by atoms with Crippen molar-refractivity contribution >= 4 is 10.9 Å². The Morgan fingerprint density at radius 2 is 1.80 bits per heavy atom. The van der Waals surface area contributed by atoms with Gasteiger partial charge in [-0.1, -0.05) is 57.4 Å². The first-order chi connectivity index (χ1) is 12.3. The van der Waals surface area contributed by atoms with E-state index in [2.05, 4.69) is 53.5 Å². The maximum Gasteiger partial charge on any atom is 0.0456 e. The highest BCUT2D eigenvalue weighted by molar-refractivity contribution is 5.83. The largest absolute Gasteiger partial charge is 0.361 e. The maximum atomic E-state index is 5.58. The molecule has 0 amide bonds. The Morgan fingerprint density at radius 1 is 1.16 bits per heavy atom. The Labute approximate surface area is 153 Å². The van der Waals surface area contributed by atoms with E-state index in [0.29, 0.717) is 5.92 Å². The number of piperidine rings is 1. The number of aromatic amines is 1. The number of nitrogens with two attached hydrogens (primary N) is 1. The van der Waals surface area contributed by atoms with Crippen LogP contribution in [-0.4, -0.2) is 36.1 Å². The van der Waals surface area contributed by atoms with Crippen LogP contribution in [0.15, 0.2) is 55.8 Å². The zero-order chi connectivity index (χ0) is 18.5. The van der Waals surface area contributed by atoms with Gasteiger partial charge in [0.1, 0.15) is 0 Å². The van der Waals surface area contributed by atoms with Gasteiger partial charge >= 0.3 is 0 Å². The normalized spacial score (nSPS) is 14.8. The summed E-state index contributed by atoms with van der Waals surface area (Å²) in [5.41, 5.74) is 8.36. The topological polar surface area (TPSA) is 45.0 Å². The van der Waals surface area contributed by atoms with Crippen LogP contribution in [0.3, 0.4) is 0 Å². The van der Waals surface area contributed by atoms with Crippen LogP contribution in [0.1, 0.15) is 44.6 Å². The van der Waals surface area contributed by atoms with Crippen molar-refractivity contribution in [1.29, 1.82) is 0 Å². The zero-order valence-corrected chi connectivity index (χ0v) is 16.0. The van der Waals surface area contributed by atoms with Crippen molar-refractivity contribution in [1.82, 2.24) is 9.88 Å². The molecule has 3 N–H and O–H groups in total. The first-order valence-electron chi connectivity index (χ1n) is 9.52. The van der Waals surface area contributed by atoms with Crippen molar-refractivity contribution in [3.05, 3.63) is 61.3 Å². The summed E-state index contributed by atoms with van der Waals surface area (Å²) in [6.45, 7) is 15.1. The van der Waals surface area contributed by atoms with E-state index in [0.717, 1.165) is 19.5 Å². The number of nitrogens with zero attached hydrogens (tertiary/aromatic N) is 1. The Kier molecular flexibility index (Phi) is 10.6. The van der Waals surface area contributed by atoms with Gasteiger partial charge in [0.15, 0.2) is 0 Å². The lowest BCUT2D eigenvalue weighted by atomic mass is 9.89. The van der Waals surface area contributed by atoms with Crippen LogP contribution in [0, 0.1) is 0 Å². The zero-order valence-electron chi connectivity index (χ0n) is 16.0. The first kappa shape index (κ1) is 21.2. The molecule has 0 saturated carbocycles. The third kappa shape index (κ3) is 6.52. The van der Waals surface area contributed by atoms with Gasteiger partial charge in [-0.05, 0) is 63.0 Å². The lowest BCUT2D eigenvalue weighted by molar-refractivity contribution is 0.212. The number of allylic oxidation sites excluding steroid dienone is 2. The molecule has 2 aromatic rings. The van der Waals surface area contributed by atoms with Crippen molar-refractivity contribution in [3.63, 3.8) is 0 Å². The van der Waals surface area contributed by atoms with E-state index in [1.54, 1.807) is 12.2 Å². The second-order valence-corrected chi connectivity index (χ2v) is 6.02. The van der Waals surface area contributed by atoms with E-state index >= 15 is 0 Å². The molecular weight excluding hydrogens is 306 g/mol. The molecule has 138 valence electrons. The summed E-state index contributed by atoms with van der Waals surface area (Å²) in [5, 5.41) is 1.41. The molecule has 0 bridgehead atoms. The summed E-state index contributed by atoms with van der Waals surface area (Å²) < 4.78 is 0. The molecule has 1 aliphatic heterocycles. The minimum absolute atomic E-state index is 0.713. The van der Waals surface area contributed by atoms with E-state index in [1.165, 1.54) is 42.4 Å². The van der Waals surface area contributed by atoms with Crippen LogP contribution in [0.4, 0.5) is 0 Å². The second-order valence-electron chi connectivity index (χ2n) is 6.02. The molecule has 1 aromatic heterocycles. The van der Waals surface area contributed by atoms with Crippen LogP contribution >= 0.6 is 0 Å². The molecule has 1 aliphatic rings. The second kappa shape index (κ2) is 12.5. The Morgan fingerprint density at radius 3 is 2.40 bits per heavy atom. The third-order valence-corrected chi connectivity index (χ3v) is 4.49. The van der Waals surface area contributed by atoms with Gasteiger partial charge in [0, 0.05) is 17.1 Å². The number of hydrogen-bond donors (Lipinski definition) is 2. The number of para-hydroxylation sites is 1. The molecule has 0 radical (unpaired) electrons. The minimum Gasteiger partial charge on any atom is -0.361 e. The average molecular weight is 342 g/mol. The number of hydrogen-bond acceptors (Lipinski definition) is 2. The van der Waals surface area contributed by atoms with Crippen molar-refractivity contribution in [2.45, 2.75) is 39.0 Å². The van der Waals surface area contributed by atoms with Crippen molar-refractivity contribution in [3.8, 4) is 0 Å². The molecule has 25 heavy (non-hydrogen) atoms. The van der Waals surface area contributed by atoms with Gasteiger partial charge in [-0.3, -0.25) is 0 Å². The summed E-state index contributed by atoms with van der Waals surface area (Å²) in [5.74, 6) is 0.713. The van der Waals surface area contributed by atoms with Gasteiger partial charge in [-0.25, -0.2) is 0 Å². The molecule has 1 aromatic carbocycles. The molecule has 1 fully saturated rings. The van der Waals surface area contributed by atoms with Crippen LogP contribution < -0.4 is 5.73 Å². The fraction of sp³-hybridized carbons (Fsp3) is 0.455. The molecule has 0 spiro atoms. The average Bonchev–Trinajstić information content (AvgIpc) is 3.13. The highest BCUT2D eigenvalue weighted by Crippen LogP contribution is 2.32. The number of aromatic nitrogens is 1. The number of rotatable bonds is 5. The third-order valence-electron chi connectivity index (χ3n) is 4.49. The van der Waals surface area contributed by atoms with E-state index in [-0.39, 0.29) is 0 Å². The van der Waals surface area contributed by atoms with Gasteiger partial charge in [-0.15, -0.1) is 0 Å². The highest BCUT2D eigenvalue weighted by atomic mass is 15.1. The lowest BCUT2D eigenvalue weighted by Crippen LogP contribution is -2.34. The number of nitrogens with one attached hydrogen (secondary N) is 1. The summed E-state index contributed by atoms with van der Waals surface area (Å²) >= 11 is 0. The molecule has 3 rings (SSSR count). The van der Waals surface area contributed by atoms with E-state index in [4.69, 9.17) is 5.73 Å². The smallest absolute Gasteiger partial charge is 0.0456 e. The predicted octanol–water partition coefficient (Wildman–Crippen LogP) is 5.08. The molecule has 3 heteroatoms. The fourth-order valence-electron chi connectivity index (χ4n) is 3.21. The lowest BCUT2D eigenvalue weighted by Gasteiger charge is -2.31. The van der Waals surface area contributed by atoms with Crippen molar-refractivity contribution in [2.24, 2.45) is 5.73 Å². The number of H-pyrrole nitrogens is 1. The molecular formula is C22H35N3. The standard InChI is InChI=1S/C16H23N3.C4H6.C2H6/c17-8-3-9-19-10-6-13(7-11-19)15-12-18-16-5-2-1-4-14(15)16;1-3-4-2;1-2/h1-2,4-5,12-13,18H,3,6-11,17H2;3-4H,1-2H2;1-2H3.